The molecule has 2 rings (SSSR count). The molecule has 3 unspecified atom stereocenters. The Morgan fingerprint density at radius 3 is 2.79 bits per heavy atom. The van der Waals surface area contributed by atoms with Gasteiger partial charge in [-0.25, -0.2) is 0 Å². The van der Waals surface area contributed by atoms with Gasteiger partial charge in [-0.15, -0.1) is 0 Å². The zero-order valence-electron chi connectivity index (χ0n) is 11.2. The van der Waals surface area contributed by atoms with E-state index in [1.165, 1.54) is 13.3 Å². The van der Waals surface area contributed by atoms with Gasteiger partial charge in [0.05, 0.1) is 0 Å². The fraction of sp³-hybridized carbons (Fsp3) is 0.571. The van der Waals surface area contributed by atoms with E-state index < -0.39 is 12.0 Å². The van der Waals surface area contributed by atoms with E-state index in [9.17, 15) is 9.59 Å². The maximum absolute atomic E-state index is 11.5. The van der Waals surface area contributed by atoms with Crippen molar-refractivity contribution in [2.75, 3.05) is 0 Å². The van der Waals surface area contributed by atoms with Gasteiger partial charge in [-0.2, -0.15) is 0 Å². The quantitative estimate of drug-likeness (QED) is 0.823. The number of hydrogen-bond acceptors (Lipinski definition) is 3. The molecular weight excluding hydrogens is 246 g/mol. The van der Waals surface area contributed by atoms with Crippen LogP contribution in [0.2, 0.25) is 0 Å². The van der Waals surface area contributed by atoms with E-state index in [-0.39, 0.29) is 12.3 Å². The van der Waals surface area contributed by atoms with Crippen LogP contribution in [-0.4, -0.2) is 23.0 Å². The third kappa shape index (κ3) is 3.59. The molecule has 19 heavy (non-hydrogen) atoms. The molecule has 3 atom stereocenters. The van der Waals surface area contributed by atoms with Crippen molar-refractivity contribution in [3.8, 4) is 0 Å². The number of carbonyl (C=O) groups is 2. The molecule has 1 saturated carbocycles. The minimum Gasteiger partial charge on any atom is -0.480 e. The summed E-state index contributed by atoms with van der Waals surface area (Å²) in [6.45, 7) is 3.63. The molecule has 2 N–H and O–H groups in total. The van der Waals surface area contributed by atoms with E-state index in [4.69, 9.17) is 9.52 Å². The lowest BCUT2D eigenvalue weighted by Crippen LogP contribution is -2.38. The van der Waals surface area contributed by atoms with E-state index in [0.29, 0.717) is 18.3 Å². The van der Waals surface area contributed by atoms with Crippen molar-refractivity contribution in [2.45, 2.75) is 45.1 Å². The molecule has 1 aromatic heterocycles. The number of carboxylic acid groups (broad SMARTS) is 1. The third-order valence-electron chi connectivity index (χ3n) is 3.50. The van der Waals surface area contributed by atoms with Crippen LogP contribution in [0, 0.1) is 5.92 Å². The van der Waals surface area contributed by atoms with Gasteiger partial charge < -0.3 is 14.8 Å². The molecule has 1 amide bonds. The summed E-state index contributed by atoms with van der Waals surface area (Å²) in [6, 6.07) is 3.02. The second kappa shape index (κ2) is 5.47. The van der Waals surface area contributed by atoms with E-state index in [1.807, 2.05) is 12.1 Å². The summed E-state index contributed by atoms with van der Waals surface area (Å²) in [6.07, 6.45) is 1.91. The standard InChI is InChI=1S/C14H19NO4/c1-8-7-11(8)12-5-3-10(19-12)4-6-13(16)15-9(2)14(17)18/h3,5,8-9,11H,4,6-7H2,1-2H3,(H,15,16)(H,17,18). The number of furan rings is 1. The van der Waals surface area contributed by atoms with Crippen LogP contribution in [0.4, 0.5) is 0 Å². The molecule has 0 bridgehead atoms. The van der Waals surface area contributed by atoms with E-state index in [2.05, 4.69) is 12.2 Å². The molecule has 1 aromatic rings. The van der Waals surface area contributed by atoms with Crippen molar-refractivity contribution in [1.29, 1.82) is 0 Å². The smallest absolute Gasteiger partial charge is 0.325 e. The molecule has 1 fully saturated rings. The van der Waals surface area contributed by atoms with Crippen molar-refractivity contribution in [2.24, 2.45) is 5.92 Å². The topological polar surface area (TPSA) is 79.5 Å². The van der Waals surface area contributed by atoms with E-state index in [1.54, 1.807) is 0 Å². The van der Waals surface area contributed by atoms with Crippen LogP contribution < -0.4 is 5.32 Å². The summed E-state index contributed by atoms with van der Waals surface area (Å²) in [5.41, 5.74) is 0. The highest BCUT2D eigenvalue weighted by atomic mass is 16.4. The zero-order chi connectivity index (χ0) is 14.0. The van der Waals surface area contributed by atoms with Gasteiger partial charge in [-0.3, -0.25) is 9.59 Å². The predicted octanol–water partition coefficient (Wildman–Crippen LogP) is 1.92. The maximum atomic E-state index is 11.5. The molecule has 104 valence electrons. The van der Waals surface area contributed by atoms with Crippen molar-refractivity contribution in [3.63, 3.8) is 0 Å². The monoisotopic (exact) mass is 265 g/mol. The van der Waals surface area contributed by atoms with Gasteiger partial charge >= 0.3 is 5.97 Å². The van der Waals surface area contributed by atoms with Crippen LogP contribution in [-0.2, 0) is 16.0 Å². The fourth-order valence-corrected chi connectivity index (χ4v) is 2.06. The average Bonchev–Trinajstić information content (AvgIpc) is 2.90. The molecule has 0 aliphatic heterocycles. The largest absolute Gasteiger partial charge is 0.480 e. The van der Waals surface area contributed by atoms with Gasteiger partial charge in [-0.1, -0.05) is 6.92 Å². The summed E-state index contributed by atoms with van der Waals surface area (Å²) < 4.78 is 5.68. The molecule has 1 aliphatic rings. The minimum atomic E-state index is -1.03. The number of nitrogens with one attached hydrogen (secondary N) is 1. The number of aryl methyl sites for hydroxylation is 1. The number of carbonyl (C=O) groups excluding carboxylic acids is 1. The Labute approximate surface area is 112 Å². The Kier molecular flexibility index (Phi) is 3.93. The highest BCUT2D eigenvalue weighted by Gasteiger charge is 2.36. The van der Waals surface area contributed by atoms with Crippen LogP contribution in [0.15, 0.2) is 16.5 Å². The van der Waals surface area contributed by atoms with E-state index in [0.717, 1.165) is 11.5 Å². The minimum absolute atomic E-state index is 0.241. The lowest BCUT2D eigenvalue weighted by molar-refractivity contribution is -0.141. The summed E-state index contributed by atoms with van der Waals surface area (Å²) in [5, 5.41) is 11.1. The Balaban J connectivity index is 1.77. The second-order valence-electron chi connectivity index (χ2n) is 5.25. The first-order valence-corrected chi connectivity index (χ1v) is 6.58. The highest BCUT2D eigenvalue weighted by molar-refractivity contribution is 5.83. The molecule has 0 aromatic carbocycles. The van der Waals surface area contributed by atoms with Gasteiger partial charge in [0.25, 0.3) is 0 Å². The van der Waals surface area contributed by atoms with Crippen LogP contribution >= 0.6 is 0 Å². The van der Waals surface area contributed by atoms with Crippen molar-refractivity contribution < 1.29 is 19.1 Å². The molecular formula is C14H19NO4. The summed E-state index contributed by atoms with van der Waals surface area (Å²) >= 11 is 0. The summed E-state index contributed by atoms with van der Waals surface area (Å²) in [4.78, 5) is 22.1. The lowest BCUT2D eigenvalue weighted by Gasteiger charge is -2.08. The second-order valence-corrected chi connectivity index (χ2v) is 5.25. The molecule has 5 heteroatoms. The van der Waals surface area contributed by atoms with Crippen LogP contribution in [0.1, 0.15) is 44.1 Å². The molecule has 1 heterocycles. The van der Waals surface area contributed by atoms with Gasteiger partial charge in [0.15, 0.2) is 0 Å². The van der Waals surface area contributed by atoms with Gasteiger partial charge in [-0.05, 0) is 31.4 Å². The van der Waals surface area contributed by atoms with Gasteiger partial charge in [0.1, 0.15) is 17.6 Å². The lowest BCUT2D eigenvalue weighted by atomic mass is 10.2. The molecule has 1 aliphatic carbocycles. The SMILES string of the molecule is CC(NC(=O)CCc1ccc(C2CC2C)o1)C(=O)O. The summed E-state index contributed by atoms with van der Waals surface area (Å²) in [5.74, 6) is 1.71. The number of aliphatic carboxylic acids is 1. The summed E-state index contributed by atoms with van der Waals surface area (Å²) in [7, 11) is 0. The number of amides is 1. The molecule has 0 spiro atoms. The number of carboxylic acids is 1. The molecule has 0 saturated heterocycles. The number of hydrogen-bond donors (Lipinski definition) is 2. The van der Waals surface area contributed by atoms with Crippen molar-refractivity contribution >= 4 is 11.9 Å². The Hall–Kier alpha value is -1.78. The number of rotatable bonds is 6. The van der Waals surface area contributed by atoms with Crippen LogP contribution in [0.5, 0.6) is 0 Å². The van der Waals surface area contributed by atoms with Gasteiger partial charge in [0, 0.05) is 18.8 Å². The fourth-order valence-electron chi connectivity index (χ4n) is 2.06. The van der Waals surface area contributed by atoms with E-state index >= 15 is 0 Å². The van der Waals surface area contributed by atoms with Crippen LogP contribution in [0.25, 0.3) is 0 Å². The Morgan fingerprint density at radius 2 is 2.21 bits per heavy atom. The Morgan fingerprint density at radius 1 is 1.53 bits per heavy atom. The average molecular weight is 265 g/mol. The van der Waals surface area contributed by atoms with Crippen molar-refractivity contribution in [3.05, 3.63) is 23.7 Å². The highest BCUT2D eigenvalue weighted by Crippen LogP contribution is 2.47. The third-order valence-corrected chi connectivity index (χ3v) is 3.50. The van der Waals surface area contributed by atoms with Crippen molar-refractivity contribution in [1.82, 2.24) is 5.32 Å². The van der Waals surface area contributed by atoms with Gasteiger partial charge in [0.2, 0.25) is 5.91 Å². The molecule has 5 nitrogen and oxygen atoms in total. The first-order chi connectivity index (χ1) is 8.97. The first-order valence-electron chi connectivity index (χ1n) is 6.58. The first kappa shape index (κ1) is 13.6. The zero-order valence-corrected chi connectivity index (χ0v) is 11.2. The molecule has 0 radical (unpaired) electrons. The maximum Gasteiger partial charge on any atom is 0.325 e. The van der Waals surface area contributed by atoms with Crippen LogP contribution in [0.3, 0.4) is 0 Å². The normalized spacial score (nSPS) is 22.8. The predicted molar refractivity (Wildman–Crippen MR) is 68.8 cm³/mol. The Bertz CT molecular complexity index is 480.